The van der Waals surface area contributed by atoms with Crippen LogP contribution in [0.4, 0.5) is 0 Å². The average Bonchev–Trinajstić information content (AvgIpc) is 3.37. The van der Waals surface area contributed by atoms with E-state index in [2.05, 4.69) is 26.1 Å². The molecule has 0 aliphatic carbocycles. The number of hydrogen-bond acceptors (Lipinski definition) is 6. The fraction of sp³-hybridized carbons (Fsp3) is 0.320. The summed E-state index contributed by atoms with van der Waals surface area (Å²) in [7, 11) is -2.22. The summed E-state index contributed by atoms with van der Waals surface area (Å²) in [5.74, 6) is 0.288. The van der Waals surface area contributed by atoms with E-state index >= 15 is 0 Å². The lowest BCUT2D eigenvalue weighted by molar-refractivity contribution is 0.0892. The molecule has 1 aromatic heterocycles. The molecule has 2 aromatic carbocycles. The minimum atomic E-state index is -3.85. The van der Waals surface area contributed by atoms with E-state index in [0.717, 1.165) is 41.7 Å². The van der Waals surface area contributed by atoms with Gasteiger partial charge < -0.3 is 14.5 Å². The molecule has 1 atom stereocenters. The molecule has 0 radical (unpaired) electrons. The van der Waals surface area contributed by atoms with Gasteiger partial charge in [0.05, 0.1) is 18.0 Å². The lowest BCUT2D eigenvalue weighted by Crippen LogP contribution is -2.40. The van der Waals surface area contributed by atoms with Crippen molar-refractivity contribution in [1.29, 1.82) is 0 Å². The third kappa shape index (κ3) is 5.54. The molecular formula is C25H27BrN2O5S. The van der Waals surface area contributed by atoms with E-state index < -0.39 is 15.7 Å². The zero-order chi connectivity index (χ0) is 24.1. The highest BCUT2D eigenvalue weighted by Crippen LogP contribution is 2.27. The number of halogens is 1. The van der Waals surface area contributed by atoms with Crippen molar-refractivity contribution in [2.24, 2.45) is 0 Å². The molecule has 3 aromatic rings. The van der Waals surface area contributed by atoms with Gasteiger partial charge >= 0.3 is 0 Å². The summed E-state index contributed by atoms with van der Waals surface area (Å²) in [6.07, 6.45) is 3.45. The number of nitrogens with one attached hydrogen (secondary N) is 1. The summed E-state index contributed by atoms with van der Waals surface area (Å²) in [5.41, 5.74) is 1.08. The SMILES string of the molecule is COc1ccc([C@H](CNC(=O)c2ccc(S(=O)(=O)c3ccc(Br)cc3)o2)N2CCCCC2)cc1. The van der Waals surface area contributed by atoms with E-state index in [4.69, 9.17) is 9.15 Å². The Labute approximate surface area is 208 Å². The third-order valence-corrected chi connectivity index (χ3v) is 8.15. The predicted octanol–water partition coefficient (Wildman–Crippen LogP) is 4.84. The van der Waals surface area contributed by atoms with Gasteiger partial charge in [-0.3, -0.25) is 9.69 Å². The molecule has 1 amide bonds. The number of furan rings is 1. The molecule has 2 heterocycles. The molecule has 34 heavy (non-hydrogen) atoms. The normalized spacial score (nSPS) is 15.6. The van der Waals surface area contributed by atoms with Gasteiger partial charge in [0, 0.05) is 11.0 Å². The van der Waals surface area contributed by atoms with Gasteiger partial charge in [0.25, 0.3) is 5.91 Å². The molecule has 0 unspecified atom stereocenters. The Balaban J connectivity index is 1.48. The Hall–Kier alpha value is -2.62. The molecule has 1 fully saturated rings. The van der Waals surface area contributed by atoms with Gasteiger partial charge in [-0.05, 0) is 80.0 Å². The lowest BCUT2D eigenvalue weighted by atomic mass is 10.0. The summed E-state index contributed by atoms with van der Waals surface area (Å²) in [4.78, 5) is 15.3. The largest absolute Gasteiger partial charge is 0.497 e. The van der Waals surface area contributed by atoms with Crippen LogP contribution in [0.2, 0.25) is 0 Å². The summed E-state index contributed by atoms with van der Waals surface area (Å²) >= 11 is 3.29. The van der Waals surface area contributed by atoms with Crippen molar-refractivity contribution in [2.45, 2.75) is 35.3 Å². The molecule has 4 rings (SSSR count). The predicted molar refractivity (Wildman–Crippen MR) is 132 cm³/mol. The Morgan fingerprint density at radius 2 is 1.71 bits per heavy atom. The molecular weight excluding hydrogens is 520 g/mol. The number of nitrogens with zero attached hydrogens (tertiary/aromatic N) is 1. The quantitative estimate of drug-likeness (QED) is 0.434. The van der Waals surface area contributed by atoms with Gasteiger partial charge in [-0.25, -0.2) is 8.42 Å². The van der Waals surface area contributed by atoms with Crippen LogP contribution in [0.5, 0.6) is 5.75 Å². The second kappa shape index (κ2) is 10.8. The highest BCUT2D eigenvalue weighted by molar-refractivity contribution is 9.10. The van der Waals surface area contributed by atoms with E-state index in [1.54, 1.807) is 19.2 Å². The summed E-state index contributed by atoms with van der Waals surface area (Å²) < 4.78 is 37.2. The van der Waals surface area contributed by atoms with Crippen molar-refractivity contribution in [3.8, 4) is 5.75 Å². The van der Waals surface area contributed by atoms with Gasteiger partial charge in [-0.15, -0.1) is 0 Å². The van der Waals surface area contributed by atoms with Crippen molar-refractivity contribution < 1.29 is 22.4 Å². The van der Waals surface area contributed by atoms with Crippen LogP contribution in [0.15, 0.2) is 79.5 Å². The molecule has 0 bridgehead atoms. The number of carbonyl (C=O) groups is 1. The summed E-state index contributed by atoms with van der Waals surface area (Å²) in [6.45, 7) is 2.30. The lowest BCUT2D eigenvalue weighted by Gasteiger charge is -2.35. The van der Waals surface area contributed by atoms with Crippen LogP contribution >= 0.6 is 15.9 Å². The molecule has 0 spiro atoms. The summed E-state index contributed by atoms with van der Waals surface area (Å²) in [6, 6.07) is 16.8. The van der Waals surface area contributed by atoms with E-state index in [1.165, 1.54) is 30.7 Å². The number of ether oxygens (including phenoxy) is 1. The van der Waals surface area contributed by atoms with Crippen LogP contribution in [0.25, 0.3) is 0 Å². The van der Waals surface area contributed by atoms with E-state index in [-0.39, 0.29) is 21.8 Å². The number of piperidine rings is 1. The Morgan fingerprint density at radius 3 is 2.35 bits per heavy atom. The van der Waals surface area contributed by atoms with Crippen LogP contribution in [-0.4, -0.2) is 46.0 Å². The highest BCUT2D eigenvalue weighted by atomic mass is 79.9. The molecule has 1 aliphatic heterocycles. The maximum atomic E-state index is 12.8. The first-order valence-corrected chi connectivity index (χ1v) is 13.4. The number of methoxy groups -OCH3 is 1. The van der Waals surface area contributed by atoms with Crippen molar-refractivity contribution in [2.75, 3.05) is 26.7 Å². The van der Waals surface area contributed by atoms with Crippen molar-refractivity contribution in [3.63, 3.8) is 0 Å². The van der Waals surface area contributed by atoms with Crippen molar-refractivity contribution >= 4 is 31.7 Å². The number of carbonyl (C=O) groups excluding carboxylic acids is 1. The molecule has 7 nitrogen and oxygen atoms in total. The Kier molecular flexibility index (Phi) is 7.75. The fourth-order valence-corrected chi connectivity index (χ4v) is 5.54. The van der Waals surface area contributed by atoms with Crippen LogP contribution in [0.3, 0.4) is 0 Å². The monoisotopic (exact) mass is 546 g/mol. The first kappa shape index (κ1) is 24.5. The first-order chi connectivity index (χ1) is 16.4. The zero-order valence-corrected chi connectivity index (χ0v) is 21.3. The molecule has 1 saturated heterocycles. The fourth-order valence-electron chi connectivity index (χ4n) is 4.11. The molecule has 9 heteroatoms. The minimum Gasteiger partial charge on any atom is -0.497 e. The Morgan fingerprint density at radius 1 is 1.03 bits per heavy atom. The molecule has 0 saturated carbocycles. The van der Waals surface area contributed by atoms with Crippen LogP contribution in [-0.2, 0) is 9.84 Å². The highest BCUT2D eigenvalue weighted by Gasteiger charge is 2.26. The molecule has 1 N–H and O–H groups in total. The van der Waals surface area contributed by atoms with E-state index in [1.807, 2.05) is 24.3 Å². The van der Waals surface area contributed by atoms with Crippen LogP contribution in [0.1, 0.15) is 41.4 Å². The van der Waals surface area contributed by atoms with Gasteiger partial charge in [-0.1, -0.05) is 34.5 Å². The first-order valence-electron chi connectivity index (χ1n) is 11.1. The zero-order valence-electron chi connectivity index (χ0n) is 18.9. The Bertz CT molecular complexity index is 1220. The number of benzene rings is 2. The van der Waals surface area contributed by atoms with Gasteiger partial charge in [0.1, 0.15) is 5.75 Å². The minimum absolute atomic E-state index is 0.00362. The maximum Gasteiger partial charge on any atom is 0.287 e. The van der Waals surface area contributed by atoms with Gasteiger partial charge in [0.15, 0.2) is 5.76 Å². The average molecular weight is 547 g/mol. The number of sulfone groups is 1. The number of rotatable bonds is 8. The standard InChI is InChI=1S/C25H27BrN2O5S/c1-32-20-9-5-18(6-10-20)22(28-15-3-2-4-16-28)17-27-25(29)23-13-14-24(33-23)34(30,31)21-11-7-19(26)8-12-21/h5-14,22H,2-4,15-17H2,1H3,(H,27,29)/t22-/m0/s1. The number of amides is 1. The second-order valence-corrected chi connectivity index (χ2v) is 11.0. The molecule has 1 aliphatic rings. The topological polar surface area (TPSA) is 88.8 Å². The van der Waals surface area contributed by atoms with Gasteiger partial charge in [-0.2, -0.15) is 0 Å². The second-order valence-electron chi connectivity index (χ2n) is 8.17. The van der Waals surface area contributed by atoms with Crippen LogP contribution in [0, 0.1) is 0 Å². The van der Waals surface area contributed by atoms with Crippen LogP contribution < -0.4 is 10.1 Å². The van der Waals surface area contributed by atoms with Crippen molar-refractivity contribution in [3.05, 3.63) is 76.5 Å². The molecule has 180 valence electrons. The smallest absolute Gasteiger partial charge is 0.287 e. The van der Waals surface area contributed by atoms with E-state index in [0.29, 0.717) is 6.54 Å². The third-order valence-electron chi connectivity index (χ3n) is 5.98. The maximum absolute atomic E-state index is 12.8. The number of hydrogen-bond donors (Lipinski definition) is 1. The van der Waals surface area contributed by atoms with Crippen molar-refractivity contribution in [1.82, 2.24) is 10.2 Å². The van der Waals surface area contributed by atoms with E-state index in [9.17, 15) is 13.2 Å². The van der Waals surface area contributed by atoms with Gasteiger partial charge in [0.2, 0.25) is 14.9 Å². The number of likely N-dealkylation sites (tertiary alicyclic amines) is 1. The summed E-state index contributed by atoms with van der Waals surface area (Å²) in [5, 5.41) is 2.67.